The molecule has 2 amide bonds. The number of hydrogen-bond acceptors (Lipinski definition) is 3. The SMILES string of the molecule is C=CCC1(C(C)C)C(=O)N=C(OC)N(C)C1=O. The van der Waals surface area contributed by atoms with Crippen LogP contribution in [0.25, 0.3) is 0 Å². The van der Waals surface area contributed by atoms with Crippen LogP contribution in [0.5, 0.6) is 0 Å². The fourth-order valence-electron chi connectivity index (χ4n) is 2.05. The van der Waals surface area contributed by atoms with Crippen LogP contribution in [0.2, 0.25) is 0 Å². The molecule has 0 N–H and O–H groups in total. The van der Waals surface area contributed by atoms with Gasteiger partial charge in [0.05, 0.1) is 7.11 Å². The second kappa shape index (κ2) is 4.69. The van der Waals surface area contributed by atoms with Crippen molar-refractivity contribution in [1.82, 2.24) is 4.90 Å². The molecule has 1 unspecified atom stereocenters. The van der Waals surface area contributed by atoms with E-state index in [0.717, 1.165) is 0 Å². The van der Waals surface area contributed by atoms with Gasteiger partial charge in [0.2, 0.25) is 5.91 Å². The summed E-state index contributed by atoms with van der Waals surface area (Å²) in [5.74, 6) is -0.887. The fraction of sp³-hybridized carbons (Fsp3) is 0.583. The number of methoxy groups -OCH3 is 1. The number of nitrogens with zero attached hydrogens (tertiary/aromatic N) is 2. The van der Waals surface area contributed by atoms with Gasteiger partial charge in [0.15, 0.2) is 0 Å². The molecular weight excluding hydrogens is 220 g/mol. The number of rotatable bonds is 3. The Morgan fingerprint density at radius 1 is 1.53 bits per heavy atom. The molecule has 0 saturated heterocycles. The van der Waals surface area contributed by atoms with Gasteiger partial charge in [-0.15, -0.1) is 6.58 Å². The Kier molecular flexibility index (Phi) is 3.70. The Bertz CT molecular complexity index is 387. The molecule has 17 heavy (non-hydrogen) atoms. The number of ether oxygens (including phenoxy) is 1. The quantitative estimate of drug-likeness (QED) is 0.548. The van der Waals surface area contributed by atoms with Gasteiger partial charge < -0.3 is 4.74 Å². The van der Waals surface area contributed by atoms with Gasteiger partial charge in [0.1, 0.15) is 5.41 Å². The largest absolute Gasteiger partial charge is 0.468 e. The highest BCUT2D eigenvalue weighted by Crippen LogP contribution is 2.38. The summed E-state index contributed by atoms with van der Waals surface area (Å²) in [6.45, 7) is 7.28. The van der Waals surface area contributed by atoms with Crippen LogP contribution in [-0.2, 0) is 14.3 Å². The summed E-state index contributed by atoms with van der Waals surface area (Å²) in [7, 11) is 2.93. The average Bonchev–Trinajstić information content (AvgIpc) is 2.28. The van der Waals surface area contributed by atoms with Crippen molar-refractivity contribution >= 4 is 17.8 Å². The van der Waals surface area contributed by atoms with E-state index in [2.05, 4.69) is 11.6 Å². The maximum Gasteiger partial charge on any atom is 0.301 e. The first-order valence-electron chi connectivity index (χ1n) is 5.48. The van der Waals surface area contributed by atoms with Gasteiger partial charge in [0.25, 0.3) is 5.91 Å². The molecule has 94 valence electrons. The summed E-state index contributed by atoms with van der Waals surface area (Å²) in [6.07, 6.45) is 1.87. The highest BCUT2D eigenvalue weighted by atomic mass is 16.5. The monoisotopic (exact) mass is 238 g/mol. The van der Waals surface area contributed by atoms with Crippen LogP contribution in [-0.4, -0.2) is 36.9 Å². The van der Waals surface area contributed by atoms with Gasteiger partial charge in [-0.05, 0) is 12.3 Å². The first-order chi connectivity index (χ1) is 7.91. The minimum atomic E-state index is -1.14. The van der Waals surface area contributed by atoms with E-state index in [1.165, 1.54) is 12.0 Å². The Labute approximate surface area is 101 Å². The first-order valence-corrected chi connectivity index (χ1v) is 5.48. The molecule has 0 saturated carbocycles. The molecule has 0 aromatic carbocycles. The van der Waals surface area contributed by atoms with E-state index < -0.39 is 11.3 Å². The minimum Gasteiger partial charge on any atom is -0.468 e. The van der Waals surface area contributed by atoms with Gasteiger partial charge in [0, 0.05) is 7.05 Å². The summed E-state index contributed by atoms with van der Waals surface area (Å²) < 4.78 is 4.90. The van der Waals surface area contributed by atoms with E-state index in [0.29, 0.717) is 0 Å². The van der Waals surface area contributed by atoms with Gasteiger partial charge in [-0.2, -0.15) is 4.99 Å². The van der Waals surface area contributed by atoms with Gasteiger partial charge in [-0.1, -0.05) is 19.9 Å². The fourth-order valence-corrected chi connectivity index (χ4v) is 2.05. The van der Waals surface area contributed by atoms with Crippen molar-refractivity contribution in [3.8, 4) is 0 Å². The van der Waals surface area contributed by atoms with Crippen LogP contribution in [0.15, 0.2) is 17.6 Å². The lowest BCUT2D eigenvalue weighted by molar-refractivity contribution is -0.151. The summed E-state index contributed by atoms with van der Waals surface area (Å²) in [5.41, 5.74) is -1.14. The van der Waals surface area contributed by atoms with Crippen molar-refractivity contribution < 1.29 is 14.3 Å². The molecule has 1 aliphatic rings. The van der Waals surface area contributed by atoms with Crippen LogP contribution in [0, 0.1) is 11.3 Å². The Balaban J connectivity index is 3.33. The number of hydrogen-bond donors (Lipinski definition) is 0. The number of carbonyl (C=O) groups is 2. The highest BCUT2D eigenvalue weighted by molar-refractivity contribution is 6.17. The van der Waals surface area contributed by atoms with E-state index in [1.807, 2.05) is 13.8 Å². The Morgan fingerprint density at radius 2 is 2.12 bits per heavy atom. The molecule has 5 nitrogen and oxygen atoms in total. The van der Waals surface area contributed by atoms with E-state index >= 15 is 0 Å². The second-order valence-electron chi connectivity index (χ2n) is 4.39. The zero-order valence-corrected chi connectivity index (χ0v) is 10.7. The Morgan fingerprint density at radius 3 is 2.53 bits per heavy atom. The third-order valence-electron chi connectivity index (χ3n) is 3.19. The van der Waals surface area contributed by atoms with Crippen molar-refractivity contribution in [2.24, 2.45) is 16.3 Å². The predicted molar refractivity (Wildman–Crippen MR) is 64.3 cm³/mol. The predicted octanol–water partition coefficient (Wildman–Crippen LogP) is 1.21. The molecule has 5 heteroatoms. The van der Waals surface area contributed by atoms with Gasteiger partial charge >= 0.3 is 6.02 Å². The topological polar surface area (TPSA) is 59.0 Å². The zero-order chi connectivity index (χ0) is 13.2. The second-order valence-corrected chi connectivity index (χ2v) is 4.39. The lowest BCUT2D eigenvalue weighted by atomic mass is 9.72. The molecule has 0 aromatic heterocycles. The molecule has 1 atom stereocenters. The van der Waals surface area contributed by atoms with Crippen molar-refractivity contribution in [3.05, 3.63) is 12.7 Å². The Hall–Kier alpha value is -1.65. The van der Waals surface area contributed by atoms with Crippen LogP contribution in [0.1, 0.15) is 20.3 Å². The van der Waals surface area contributed by atoms with Crippen LogP contribution in [0.4, 0.5) is 0 Å². The minimum absolute atomic E-state index is 0.0420. The number of carbonyl (C=O) groups excluding carboxylic acids is 2. The number of amides is 2. The van der Waals surface area contributed by atoms with Crippen molar-refractivity contribution in [2.75, 3.05) is 14.2 Å². The molecule has 0 radical (unpaired) electrons. The lowest BCUT2D eigenvalue weighted by Crippen LogP contribution is -2.55. The maximum absolute atomic E-state index is 12.4. The summed E-state index contributed by atoms with van der Waals surface area (Å²) in [5, 5.41) is 0. The first kappa shape index (κ1) is 13.4. The van der Waals surface area contributed by atoms with Crippen LogP contribution >= 0.6 is 0 Å². The van der Waals surface area contributed by atoms with Crippen LogP contribution in [0.3, 0.4) is 0 Å². The maximum atomic E-state index is 12.4. The third-order valence-corrected chi connectivity index (χ3v) is 3.19. The molecular formula is C12H18N2O3. The average molecular weight is 238 g/mol. The molecule has 0 fully saturated rings. The molecule has 0 aromatic rings. The molecule has 1 heterocycles. The zero-order valence-electron chi connectivity index (χ0n) is 10.7. The summed E-state index contributed by atoms with van der Waals surface area (Å²) in [6, 6.07) is 0.0420. The van der Waals surface area contributed by atoms with E-state index in [-0.39, 0.29) is 24.3 Å². The van der Waals surface area contributed by atoms with E-state index in [4.69, 9.17) is 4.74 Å². The van der Waals surface area contributed by atoms with Crippen LogP contribution < -0.4 is 0 Å². The molecule has 1 aliphatic heterocycles. The van der Waals surface area contributed by atoms with E-state index in [9.17, 15) is 9.59 Å². The van der Waals surface area contributed by atoms with E-state index in [1.54, 1.807) is 13.1 Å². The summed E-state index contributed by atoms with van der Waals surface area (Å²) >= 11 is 0. The molecule has 1 rings (SSSR count). The standard InChI is InChI=1S/C12H18N2O3/c1-6-7-12(8(2)3)9(15)13-11(17-5)14(4)10(12)16/h6,8H,1,7H2,2-5H3. The third kappa shape index (κ3) is 1.85. The number of allylic oxidation sites excluding steroid dienone is 1. The highest BCUT2D eigenvalue weighted by Gasteiger charge is 2.52. The normalized spacial score (nSPS) is 25.0. The summed E-state index contributed by atoms with van der Waals surface area (Å²) in [4.78, 5) is 29.6. The lowest BCUT2D eigenvalue weighted by Gasteiger charge is -2.38. The number of aliphatic imine (C=N–C) groups is 1. The number of amidine groups is 1. The molecule has 0 aliphatic carbocycles. The molecule has 0 spiro atoms. The van der Waals surface area contributed by atoms with Gasteiger partial charge in [-0.3, -0.25) is 14.5 Å². The van der Waals surface area contributed by atoms with Crippen molar-refractivity contribution in [3.63, 3.8) is 0 Å². The smallest absolute Gasteiger partial charge is 0.301 e. The molecule has 0 bridgehead atoms. The van der Waals surface area contributed by atoms with Gasteiger partial charge in [-0.25, -0.2) is 0 Å². The van der Waals surface area contributed by atoms with Crippen molar-refractivity contribution in [2.45, 2.75) is 20.3 Å². The van der Waals surface area contributed by atoms with Crippen molar-refractivity contribution in [1.29, 1.82) is 0 Å².